The van der Waals surface area contributed by atoms with Crippen LogP contribution in [-0.4, -0.2) is 39.4 Å². The number of nitrogens with one attached hydrogen (secondary N) is 1. The number of rotatable bonds is 6. The predicted molar refractivity (Wildman–Crippen MR) is 85.2 cm³/mol. The molecule has 0 spiro atoms. The van der Waals surface area contributed by atoms with Crippen molar-refractivity contribution in [3.8, 4) is 0 Å². The van der Waals surface area contributed by atoms with E-state index in [4.69, 9.17) is 0 Å². The highest BCUT2D eigenvalue weighted by Crippen LogP contribution is 2.30. The first kappa shape index (κ1) is 16.1. The van der Waals surface area contributed by atoms with E-state index in [0.717, 1.165) is 11.9 Å². The third kappa shape index (κ3) is 3.78. The van der Waals surface area contributed by atoms with E-state index in [0.29, 0.717) is 18.3 Å². The molecule has 2 heterocycles. The molecule has 1 saturated carbocycles. The van der Waals surface area contributed by atoms with E-state index in [1.165, 1.54) is 19.3 Å². The van der Waals surface area contributed by atoms with Crippen molar-refractivity contribution in [3.63, 3.8) is 0 Å². The minimum absolute atomic E-state index is 0.516. The second-order valence-corrected chi connectivity index (χ2v) is 8.42. The summed E-state index contributed by atoms with van der Waals surface area (Å²) in [5, 5.41) is 12.7. The van der Waals surface area contributed by atoms with Crippen LogP contribution in [0.5, 0.6) is 0 Å². The Labute approximate surface area is 135 Å². The monoisotopic (exact) mass is 338 g/mol. The van der Waals surface area contributed by atoms with Gasteiger partial charge in [0.15, 0.2) is 0 Å². The molecule has 1 aliphatic carbocycles. The molecule has 1 N–H and O–H groups in total. The van der Waals surface area contributed by atoms with Crippen LogP contribution in [0.15, 0.2) is 18.5 Å². The van der Waals surface area contributed by atoms with Gasteiger partial charge < -0.3 is 0 Å². The number of hydrogen-bond donors (Lipinski definition) is 1. The molecule has 9 heteroatoms. The Bertz CT molecular complexity index is 788. The number of nitrogens with zero attached hydrogens (tertiary/aromatic N) is 5. The summed E-state index contributed by atoms with van der Waals surface area (Å²) >= 11 is 0. The van der Waals surface area contributed by atoms with Gasteiger partial charge in [-0.05, 0) is 39.2 Å². The lowest BCUT2D eigenvalue weighted by Gasteiger charge is -2.25. The molecule has 0 atom stereocenters. The van der Waals surface area contributed by atoms with Gasteiger partial charge in [0.2, 0.25) is 10.0 Å². The molecule has 2 aromatic rings. The molecule has 0 radical (unpaired) electrons. The quantitative estimate of drug-likeness (QED) is 0.849. The SMILES string of the molecule is CC(C)(NS(C)(=O)=O)c1cn(Cc2ccn(C3CCC3)n2)nn1. The van der Waals surface area contributed by atoms with E-state index in [9.17, 15) is 8.42 Å². The summed E-state index contributed by atoms with van der Waals surface area (Å²) in [5.41, 5.74) is 0.681. The maximum absolute atomic E-state index is 11.4. The largest absolute Gasteiger partial charge is 0.269 e. The molecule has 0 amide bonds. The number of sulfonamides is 1. The zero-order chi connectivity index (χ0) is 16.7. The normalized spacial score (nSPS) is 16.5. The molecule has 0 unspecified atom stereocenters. The standard InChI is InChI=1S/C14H22N6O2S/c1-14(2,17-23(3,21)22)13-10-19(18-15-13)9-11-7-8-20(16-11)12-5-4-6-12/h7-8,10,12,17H,4-6,9H2,1-3H3. The summed E-state index contributed by atoms with van der Waals surface area (Å²) in [6.07, 6.45) is 8.55. The minimum atomic E-state index is -3.33. The summed E-state index contributed by atoms with van der Waals surface area (Å²) in [6.45, 7) is 4.03. The molecule has 23 heavy (non-hydrogen) atoms. The van der Waals surface area contributed by atoms with Gasteiger partial charge in [-0.25, -0.2) is 17.8 Å². The Morgan fingerprint density at radius 2 is 2.13 bits per heavy atom. The molecular formula is C14H22N6O2S. The van der Waals surface area contributed by atoms with Gasteiger partial charge in [0, 0.05) is 6.20 Å². The highest BCUT2D eigenvalue weighted by molar-refractivity contribution is 7.88. The van der Waals surface area contributed by atoms with E-state index in [1.54, 1.807) is 24.7 Å². The van der Waals surface area contributed by atoms with E-state index in [1.807, 2.05) is 16.9 Å². The van der Waals surface area contributed by atoms with Crippen molar-refractivity contribution < 1.29 is 8.42 Å². The van der Waals surface area contributed by atoms with Gasteiger partial charge in [0.05, 0.1) is 36.3 Å². The van der Waals surface area contributed by atoms with Crippen molar-refractivity contribution in [1.29, 1.82) is 0 Å². The summed E-state index contributed by atoms with van der Waals surface area (Å²) in [4.78, 5) is 0. The Kier molecular flexibility index (Phi) is 4.01. The Hall–Kier alpha value is -1.74. The Morgan fingerprint density at radius 1 is 1.39 bits per heavy atom. The maximum Gasteiger partial charge on any atom is 0.209 e. The molecule has 0 bridgehead atoms. The molecular weight excluding hydrogens is 316 g/mol. The first-order chi connectivity index (χ1) is 10.7. The van der Waals surface area contributed by atoms with Crippen molar-refractivity contribution in [1.82, 2.24) is 29.5 Å². The average Bonchev–Trinajstić information content (AvgIpc) is 2.94. The van der Waals surface area contributed by atoms with E-state index >= 15 is 0 Å². The van der Waals surface area contributed by atoms with Crippen LogP contribution in [0.1, 0.15) is 50.5 Å². The average molecular weight is 338 g/mol. The van der Waals surface area contributed by atoms with E-state index < -0.39 is 15.6 Å². The molecule has 3 rings (SSSR count). The molecule has 1 aliphatic rings. The summed E-state index contributed by atoms with van der Waals surface area (Å²) in [7, 11) is -3.33. The van der Waals surface area contributed by atoms with Crippen LogP contribution in [0, 0.1) is 0 Å². The molecule has 126 valence electrons. The summed E-state index contributed by atoms with van der Waals surface area (Å²) < 4.78 is 29.1. The van der Waals surface area contributed by atoms with Crippen LogP contribution in [0.3, 0.4) is 0 Å². The fraction of sp³-hybridized carbons (Fsp3) is 0.643. The minimum Gasteiger partial charge on any atom is -0.269 e. The fourth-order valence-electron chi connectivity index (χ4n) is 2.66. The zero-order valence-corrected chi connectivity index (χ0v) is 14.4. The maximum atomic E-state index is 11.4. The first-order valence-electron chi connectivity index (χ1n) is 7.66. The van der Waals surface area contributed by atoms with Crippen LogP contribution in [0.2, 0.25) is 0 Å². The van der Waals surface area contributed by atoms with Crippen LogP contribution < -0.4 is 4.72 Å². The molecule has 0 aromatic carbocycles. The molecule has 2 aromatic heterocycles. The summed E-state index contributed by atoms with van der Waals surface area (Å²) in [5.74, 6) is 0. The summed E-state index contributed by atoms with van der Waals surface area (Å²) in [6, 6.07) is 2.52. The predicted octanol–water partition coefficient (Wildman–Crippen LogP) is 1.03. The van der Waals surface area contributed by atoms with E-state index in [-0.39, 0.29) is 0 Å². The Balaban J connectivity index is 1.70. The number of hydrogen-bond acceptors (Lipinski definition) is 5. The lowest BCUT2D eigenvalue weighted by atomic mass is 9.93. The van der Waals surface area contributed by atoms with Gasteiger partial charge in [0.25, 0.3) is 0 Å². The van der Waals surface area contributed by atoms with Gasteiger partial charge in [0.1, 0.15) is 5.69 Å². The van der Waals surface area contributed by atoms with Gasteiger partial charge in [-0.2, -0.15) is 5.10 Å². The van der Waals surface area contributed by atoms with Crippen molar-refractivity contribution in [2.45, 2.75) is 51.2 Å². The van der Waals surface area contributed by atoms with E-state index in [2.05, 4.69) is 20.1 Å². The zero-order valence-electron chi connectivity index (χ0n) is 13.6. The van der Waals surface area contributed by atoms with Crippen LogP contribution in [-0.2, 0) is 22.1 Å². The smallest absolute Gasteiger partial charge is 0.209 e. The van der Waals surface area contributed by atoms with Gasteiger partial charge in [-0.3, -0.25) is 4.68 Å². The fourth-order valence-corrected chi connectivity index (χ4v) is 3.69. The highest BCUT2D eigenvalue weighted by atomic mass is 32.2. The second-order valence-electron chi connectivity index (χ2n) is 6.67. The van der Waals surface area contributed by atoms with Gasteiger partial charge in [-0.1, -0.05) is 5.21 Å². The van der Waals surface area contributed by atoms with Crippen molar-refractivity contribution >= 4 is 10.0 Å². The lowest BCUT2D eigenvalue weighted by Crippen LogP contribution is -2.40. The molecule has 1 fully saturated rings. The van der Waals surface area contributed by atoms with Gasteiger partial charge >= 0.3 is 0 Å². The van der Waals surface area contributed by atoms with Crippen molar-refractivity contribution in [2.75, 3.05) is 6.26 Å². The molecule has 0 saturated heterocycles. The Morgan fingerprint density at radius 3 is 2.74 bits per heavy atom. The first-order valence-corrected chi connectivity index (χ1v) is 9.56. The van der Waals surface area contributed by atoms with Crippen LogP contribution >= 0.6 is 0 Å². The number of aromatic nitrogens is 5. The van der Waals surface area contributed by atoms with Crippen molar-refractivity contribution in [2.24, 2.45) is 0 Å². The molecule has 0 aliphatic heterocycles. The van der Waals surface area contributed by atoms with Crippen LogP contribution in [0.25, 0.3) is 0 Å². The van der Waals surface area contributed by atoms with Crippen LogP contribution in [0.4, 0.5) is 0 Å². The third-order valence-electron chi connectivity index (χ3n) is 4.06. The van der Waals surface area contributed by atoms with Gasteiger partial charge in [-0.15, -0.1) is 5.10 Å². The topological polar surface area (TPSA) is 94.7 Å². The highest BCUT2D eigenvalue weighted by Gasteiger charge is 2.27. The third-order valence-corrected chi connectivity index (χ3v) is 4.94. The molecule has 8 nitrogen and oxygen atoms in total. The lowest BCUT2D eigenvalue weighted by molar-refractivity contribution is 0.287. The second kappa shape index (κ2) is 5.72. The van der Waals surface area contributed by atoms with Crippen molar-refractivity contribution in [3.05, 3.63) is 29.8 Å².